The van der Waals surface area contributed by atoms with E-state index in [2.05, 4.69) is 50.0 Å². The van der Waals surface area contributed by atoms with E-state index in [0.717, 1.165) is 19.5 Å². The average Bonchev–Trinajstić information content (AvgIpc) is 3.28. The zero-order valence-electron chi connectivity index (χ0n) is 14.3. The summed E-state index contributed by atoms with van der Waals surface area (Å²) in [4.78, 5) is 18.5. The van der Waals surface area contributed by atoms with Crippen molar-refractivity contribution in [3.8, 4) is 0 Å². The van der Waals surface area contributed by atoms with Crippen molar-refractivity contribution in [1.29, 1.82) is 0 Å². The number of hydrogen-bond donors (Lipinski definition) is 1. The second-order valence-corrected chi connectivity index (χ2v) is 7.53. The molecule has 0 bridgehead atoms. The lowest BCUT2D eigenvalue weighted by atomic mass is 9.97. The fourth-order valence-corrected chi connectivity index (χ4v) is 4.54. The molecule has 0 spiro atoms. The van der Waals surface area contributed by atoms with E-state index in [1.165, 1.54) is 22.6 Å². The van der Waals surface area contributed by atoms with Gasteiger partial charge in [-0.3, -0.25) is 9.69 Å². The van der Waals surface area contributed by atoms with Crippen LogP contribution in [0.5, 0.6) is 0 Å². The van der Waals surface area contributed by atoms with Crippen LogP contribution in [0.2, 0.25) is 0 Å². The first-order valence-corrected chi connectivity index (χ1v) is 9.21. The predicted octanol–water partition coefficient (Wildman–Crippen LogP) is 2.83. The number of aromatic nitrogens is 2. The molecule has 1 saturated heterocycles. The fraction of sp³-hybridized carbons (Fsp3) is 0.389. The van der Waals surface area contributed by atoms with Crippen molar-refractivity contribution < 1.29 is 9.32 Å². The third-order valence-electron chi connectivity index (χ3n) is 4.67. The van der Waals surface area contributed by atoms with Crippen molar-refractivity contribution >= 4 is 27.3 Å². The Bertz CT molecular complexity index is 919. The number of carbonyl (C=O) groups is 1. The van der Waals surface area contributed by atoms with Crippen molar-refractivity contribution in [3.05, 3.63) is 46.9 Å². The van der Waals surface area contributed by atoms with Gasteiger partial charge in [-0.15, -0.1) is 11.3 Å². The lowest BCUT2D eigenvalue weighted by Crippen LogP contribution is -2.47. The number of nitrogens with zero attached hydrogens (tertiary/aromatic N) is 3. The van der Waals surface area contributed by atoms with Gasteiger partial charge in [0.25, 0.3) is 0 Å². The second kappa shape index (κ2) is 6.24. The maximum atomic E-state index is 11.8. The van der Waals surface area contributed by atoms with Gasteiger partial charge in [-0.1, -0.05) is 23.4 Å². The zero-order chi connectivity index (χ0) is 17.4. The van der Waals surface area contributed by atoms with Gasteiger partial charge in [0, 0.05) is 38.2 Å². The predicted molar refractivity (Wildman–Crippen MR) is 96.2 cm³/mol. The number of benzene rings is 1. The Morgan fingerprint density at radius 1 is 1.44 bits per heavy atom. The summed E-state index contributed by atoms with van der Waals surface area (Å²) in [6, 6.07) is 8.46. The molecule has 0 saturated carbocycles. The molecule has 0 unspecified atom stereocenters. The summed E-state index contributed by atoms with van der Waals surface area (Å²) in [5, 5.41) is 10.7. The number of thiophene rings is 1. The molecule has 6 nitrogen and oxygen atoms in total. The van der Waals surface area contributed by atoms with E-state index in [1.807, 2.05) is 0 Å². The number of fused-ring (bicyclic) bond motifs is 1. The Morgan fingerprint density at radius 2 is 2.28 bits per heavy atom. The van der Waals surface area contributed by atoms with Crippen molar-refractivity contribution in [3.63, 3.8) is 0 Å². The molecule has 2 aromatic heterocycles. The first-order valence-electron chi connectivity index (χ1n) is 8.33. The largest absolute Gasteiger partial charge is 0.342 e. The Kier molecular flexibility index (Phi) is 4.05. The molecule has 1 fully saturated rings. The molecule has 1 aromatic carbocycles. The van der Waals surface area contributed by atoms with Crippen LogP contribution in [-0.4, -0.2) is 34.0 Å². The minimum Gasteiger partial charge on any atom is -0.342 e. The standard InChI is InChI=1S/C18H20N4O2S/c1-12(23)20-18(17-19-13(2)24-21-17)7-8-22(11-18)9-14-10-25-16-6-4-3-5-15(14)16/h3-6,10H,7-9,11H2,1-2H3,(H,20,23)/t18-/m1/s1. The van der Waals surface area contributed by atoms with E-state index < -0.39 is 5.54 Å². The van der Waals surface area contributed by atoms with Gasteiger partial charge in [-0.2, -0.15) is 4.98 Å². The third kappa shape index (κ3) is 3.05. The average molecular weight is 356 g/mol. The normalized spacial score (nSPS) is 21.0. The number of nitrogens with one attached hydrogen (secondary N) is 1. The number of rotatable bonds is 4. The first-order chi connectivity index (χ1) is 12.1. The van der Waals surface area contributed by atoms with Crippen LogP contribution in [-0.2, 0) is 16.9 Å². The van der Waals surface area contributed by atoms with Gasteiger partial charge in [0.15, 0.2) is 5.82 Å². The van der Waals surface area contributed by atoms with Gasteiger partial charge in [0.05, 0.1) is 0 Å². The molecule has 3 aromatic rings. The minimum absolute atomic E-state index is 0.0784. The maximum Gasteiger partial charge on any atom is 0.223 e. The number of aryl methyl sites for hydroxylation is 1. The monoisotopic (exact) mass is 356 g/mol. The molecule has 1 atom stereocenters. The second-order valence-electron chi connectivity index (χ2n) is 6.62. The number of likely N-dealkylation sites (tertiary alicyclic amines) is 1. The molecule has 1 amide bonds. The van der Waals surface area contributed by atoms with Gasteiger partial charge >= 0.3 is 0 Å². The molecule has 25 heavy (non-hydrogen) atoms. The highest BCUT2D eigenvalue weighted by Crippen LogP contribution is 2.33. The van der Waals surface area contributed by atoms with Crippen molar-refractivity contribution in [2.24, 2.45) is 0 Å². The summed E-state index contributed by atoms with van der Waals surface area (Å²) in [7, 11) is 0. The van der Waals surface area contributed by atoms with Gasteiger partial charge in [0.2, 0.25) is 11.8 Å². The molecule has 1 N–H and O–H groups in total. The van der Waals surface area contributed by atoms with Crippen LogP contribution in [0.4, 0.5) is 0 Å². The molecule has 4 rings (SSSR count). The SMILES string of the molecule is CC(=O)N[C@]1(c2noc(C)n2)CCN(Cc2csc3ccccc23)C1. The highest BCUT2D eigenvalue weighted by atomic mass is 32.1. The van der Waals surface area contributed by atoms with Crippen LogP contribution < -0.4 is 5.32 Å². The van der Waals surface area contributed by atoms with E-state index in [1.54, 1.807) is 18.3 Å². The van der Waals surface area contributed by atoms with Gasteiger partial charge < -0.3 is 9.84 Å². The lowest BCUT2D eigenvalue weighted by Gasteiger charge is -2.27. The van der Waals surface area contributed by atoms with Gasteiger partial charge in [0.1, 0.15) is 5.54 Å². The van der Waals surface area contributed by atoms with Crippen molar-refractivity contribution in [2.75, 3.05) is 13.1 Å². The molecule has 0 radical (unpaired) electrons. The summed E-state index contributed by atoms with van der Waals surface area (Å²) in [6.45, 7) is 5.70. The molecule has 1 aliphatic heterocycles. The minimum atomic E-state index is -0.574. The molecule has 1 aliphatic rings. The van der Waals surface area contributed by atoms with Gasteiger partial charge in [-0.25, -0.2) is 0 Å². The summed E-state index contributed by atoms with van der Waals surface area (Å²) < 4.78 is 6.46. The molecular weight excluding hydrogens is 336 g/mol. The Labute approximate surface area is 149 Å². The quantitative estimate of drug-likeness (QED) is 0.778. The Balaban J connectivity index is 1.58. The lowest BCUT2D eigenvalue weighted by molar-refractivity contribution is -0.121. The molecule has 7 heteroatoms. The molecule has 130 valence electrons. The van der Waals surface area contributed by atoms with E-state index in [9.17, 15) is 4.79 Å². The highest BCUT2D eigenvalue weighted by molar-refractivity contribution is 7.17. The van der Waals surface area contributed by atoms with Crippen LogP contribution in [0.25, 0.3) is 10.1 Å². The molecule has 0 aliphatic carbocycles. The topological polar surface area (TPSA) is 71.3 Å². The van der Waals surface area contributed by atoms with Crippen molar-refractivity contribution in [1.82, 2.24) is 20.4 Å². The first kappa shape index (κ1) is 16.2. The highest BCUT2D eigenvalue weighted by Gasteiger charge is 2.44. The molecule has 3 heterocycles. The van der Waals surface area contributed by atoms with Crippen LogP contribution in [0.15, 0.2) is 34.2 Å². The van der Waals surface area contributed by atoms with Crippen LogP contribution in [0, 0.1) is 6.92 Å². The van der Waals surface area contributed by atoms with Crippen molar-refractivity contribution in [2.45, 2.75) is 32.4 Å². The number of hydrogen-bond acceptors (Lipinski definition) is 6. The summed E-state index contributed by atoms with van der Waals surface area (Å²) >= 11 is 1.77. The fourth-order valence-electron chi connectivity index (χ4n) is 3.59. The summed E-state index contributed by atoms with van der Waals surface area (Å²) in [5.41, 5.74) is 0.749. The zero-order valence-corrected chi connectivity index (χ0v) is 15.1. The summed E-state index contributed by atoms with van der Waals surface area (Å²) in [6.07, 6.45) is 0.771. The smallest absolute Gasteiger partial charge is 0.223 e. The Morgan fingerprint density at radius 3 is 3.04 bits per heavy atom. The van der Waals surface area contributed by atoms with E-state index in [4.69, 9.17) is 4.52 Å². The Hall–Kier alpha value is -2.25. The van der Waals surface area contributed by atoms with Crippen LogP contribution in [0.1, 0.15) is 30.6 Å². The summed E-state index contributed by atoms with van der Waals surface area (Å²) in [5.74, 6) is 1.00. The third-order valence-corrected chi connectivity index (χ3v) is 5.69. The number of carbonyl (C=O) groups excluding carboxylic acids is 1. The van der Waals surface area contributed by atoms with E-state index >= 15 is 0 Å². The number of amides is 1. The van der Waals surface area contributed by atoms with Gasteiger partial charge in [-0.05, 0) is 28.8 Å². The maximum absolute atomic E-state index is 11.8. The van der Waals surface area contributed by atoms with Crippen LogP contribution >= 0.6 is 11.3 Å². The molecular formula is C18H20N4O2S. The van der Waals surface area contributed by atoms with Crippen LogP contribution in [0.3, 0.4) is 0 Å². The van der Waals surface area contributed by atoms with E-state index in [0.29, 0.717) is 18.3 Å². The van der Waals surface area contributed by atoms with E-state index in [-0.39, 0.29) is 5.91 Å².